The molecule has 0 aliphatic carbocycles. The van der Waals surface area contributed by atoms with Crippen LogP contribution in [0.3, 0.4) is 0 Å². The number of nitrogens with two attached hydrogens (primary N) is 2. The molecular weight excluding hydrogens is 1200 g/mol. The van der Waals surface area contributed by atoms with Gasteiger partial charge in [0.2, 0.25) is 41.4 Å². The Balaban J connectivity index is 0.929. The molecule has 27 nitrogen and oxygen atoms in total. The van der Waals surface area contributed by atoms with Gasteiger partial charge >= 0.3 is 11.9 Å². The van der Waals surface area contributed by atoms with Crippen molar-refractivity contribution >= 4 is 82.1 Å². The summed E-state index contributed by atoms with van der Waals surface area (Å²) in [5.74, 6) is -8.73. The molecule has 5 heterocycles. The third-order valence-corrected chi connectivity index (χ3v) is 16.3. The third kappa shape index (κ3) is 17.4. The number of carboxylic acids is 1. The van der Waals surface area contributed by atoms with Crippen molar-refractivity contribution in [1.29, 1.82) is 0 Å². The maximum Gasteiger partial charge on any atom is 0.317 e. The van der Waals surface area contributed by atoms with Gasteiger partial charge < -0.3 is 67.9 Å². The van der Waals surface area contributed by atoms with Gasteiger partial charge in [0.25, 0.3) is 5.56 Å². The number of aliphatic carboxylic acids is 1. The van der Waals surface area contributed by atoms with Gasteiger partial charge in [0.15, 0.2) is 11.7 Å². The normalized spacial score (nSPS) is 19.6. The summed E-state index contributed by atoms with van der Waals surface area (Å²) < 4.78 is 7.29. The largest absolute Gasteiger partial charge is 0.481 e. The number of carbonyl (C=O) groups is 10. The van der Waals surface area contributed by atoms with E-state index in [0.29, 0.717) is 39.2 Å². The molecule has 0 saturated carbocycles. The number of esters is 1. The Bertz CT molecular complexity index is 3820. The Morgan fingerprint density at radius 1 is 0.806 bits per heavy atom. The van der Waals surface area contributed by atoms with Gasteiger partial charge in [-0.3, -0.25) is 57.7 Å². The van der Waals surface area contributed by atoms with Gasteiger partial charge in [-0.05, 0) is 80.3 Å². The van der Waals surface area contributed by atoms with Crippen LogP contribution in [0.1, 0.15) is 125 Å². The van der Waals surface area contributed by atoms with Gasteiger partial charge in [-0.1, -0.05) is 98.7 Å². The maximum atomic E-state index is 14.6. The number of hydrogen-bond donors (Lipinski definition) is 10. The number of aromatic nitrogens is 2. The molecular formula is C66H79N13O14. The number of amides is 7. The van der Waals surface area contributed by atoms with Crippen LogP contribution in [0, 0.1) is 5.92 Å². The average molecular weight is 1280 g/mol. The highest BCUT2D eigenvalue weighted by atomic mass is 16.6. The fourth-order valence-electron chi connectivity index (χ4n) is 11.4. The van der Waals surface area contributed by atoms with Crippen molar-refractivity contribution in [2.75, 3.05) is 13.1 Å². The van der Waals surface area contributed by atoms with E-state index in [1.54, 1.807) is 92.2 Å². The SMILES string of the molecule is CC[C@@]1(CC(=O)[C@@H](NC(=O)CCC(=O)NCc2ccc(C[C@@H]3NC(=O)C(Cc4ccccc4)NC(=O)[C@H](CC(=O)O)NC(=O)CNC(=O)[C@H](CCCN=C(N)N)NC3=O)cc2)C(C)C)C(=O)OCc2c1cc1n(c2=O)Cc2c-1nc1ccccc1c2/C=N/OC(C)(C)C. The van der Waals surface area contributed by atoms with Gasteiger partial charge in [0.1, 0.15) is 41.8 Å². The number of nitrogens with one attached hydrogen (secondary N) is 7. The molecule has 0 spiro atoms. The van der Waals surface area contributed by atoms with Gasteiger partial charge in [0, 0.05) is 61.7 Å². The second kappa shape index (κ2) is 30.2. The van der Waals surface area contributed by atoms with Crippen molar-refractivity contribution in [2.24, 2.45) is 27.5 Å². The molecule has 6 atom stereocenters. The van der Waals surface area contributed by atoms with E-state index in [-0.39, 0.29) is 82.7 Å². The number of cyclic esters (lactones) is 1. The van der Waals surface area contributed by atoms with E-state index in [4.69, 9.17) is 26.0 Å². The van der Waals surface area contributed by atoms with Gasteiger partial charge in [-0.2, -0.15) is 0 Å². The molecule has 492 valence electrons. The Morgan fingerprint density at radius 3 is 2.08 bits per heavy atom. The second-order valence-corrected chi connectivity index (χ2v) is 24.6. The smallest absolute Gasteiger partial charge is 0.317 e. The van der Waals surface area contributed by atoms with Crippen molar-refractivity contribution in [1.82, 2.24) is 46.8 Å². The molecule has 1 fully saturated rings. The Labute approximate surface area is 536 Å². The fraction of sp³-hybridized carbons (Fsp3) is 0.424. The zero-order valence-corrected chi connectivity index (χ0v) is 52.7. The molecule has 93 heavy (non-hydrogen) atoms. The van der Waals surface area contributed by atoms with E-state index in [2.05, 4.69) is 47.4 Å². The van der Waals surface area contributed by atoms with Crippen LogP contribution in [0.4, 0.5) is 0 Å². The Hall–Kier alpha value is -10.3. The van der Waals surface area contributed by atoms with Crippen molar-refractivity contribution < 1.29 is 62.6 Å². The van der Waals surface area contributed by atoms with Crippen LogP contribution < -0.4 is 54.2 Å². The zero-order valence-electron chi connectivity index (χ0n) is 52.7. The molecule has 3 aromatic carbocycles. The van der Waals surface area contributed by atoms with Crippen LogP contribution in [0.2, 0.25) is 0 Å². The molecule has 27 heteroatoms. The number of guanidine groups is 1. The van der Waals surface area contributed by atoms with Crippen molar-refractivity contribution in [3.8, 4) is 11.4 Å². The number of fused-ring (bicyclic) bond motifs is 5. The number of pyridine rings is 2. The van der Waals surface area contributed by atoms with Crippen LogP contribution in [-0.4, -0.2) is 135 Å². The molecule has 12 N–H and O–H groups in total. The first-order valence-corrected chi connectivity index (χ1v) is 30.8. The lowest BCUT2D eigenvalue weighted by molar-refractivity contribution is -0.156. The first-order chi connectivity index (χ1) is 44.2. The number of carbonyl (C=O) groups excluding carboxylic acids is 9. The number of hydrogen-bond acceptors (Lipinski definition) is 16. The van der Waals surface area contributed by atoms with E-state index in [0.717, 1.165) is 16.5 Å². The number of rotatable bonds is 23. The Kier molecular flexibility index (Phi) is 22.3. The molecule has 3 aliphatic rings. The fourth-order valence-corrected chi connectivity index (χ4v) is 11.4. The van der Waals surface area contributed by atoms with Gasteiger partial charge in [-0.25, -0.2) is 4.98 Å². The monoisotopic (exact) mass is 1280 g/mol. The number of benzene rings is 3. The molecule has 3 aliphatic heterocycles. The summed E-state index contributed by atoms with van der Waals surface area (Å²) in [4.78, 5) is 166. The average Bonchev–Trinajstić information content (AvgIpc) is 1.63. The quantitative estimate of drug-likeness (QED) is 0.0144. The van der Waals surface area contributed by atoms with Crippen LogP contribution in [0.15, 0.2) is 99.9 Å². The first kappa shape index (κ1) is 68.6. The lowest BCUT2D eigenvalue weighted by Crippen LogP contribution is -2.58. The van der Waals surface area contributed by atoms with E-state index >= 15 is 0 Å². The first-order valence-electron chi connectivity index (χ1n) is 30.8. The predicted molar refractivity (Wildman–Crippen MR) is 341 cm³/mol. The molecule has 8 rings (SSSR count). The van der Waals surface area contributed by atoms with Crippen molar-refractivity contribution in [3.05, 3.63) is 134 Å². The molecule has 7 amide bonds. The number of nitrogens with zero attached hydrogens (tertiary/aromatic N) is 4. The highest BCUT2D eigenvalue weighted by Crippen LogP contribution is 2.43. The summed E-state index contributed by atoms with van der Waals surface area (Å²) in [6.07, 6.45) is -0.234. The third-order valence-electron chi connectivity index (χ3n) is 16.3. The minimum absolute atomic E-state index is 0.00968. The maximum absolute atomic E-state index is 14.6. The minimum Gasteiger partial charge on any atom is -0.481 e. The molecule has 5 aromatic rings. The molecule has 1 unspecified atom stereocenters. The number of Topliss-reactive ketones (excluding diaryl/α,β-unsaturated/α-hetero) is 1. The summed E-state index contributed by atoms with van der Waals surface area (Å²) in [5.41, 5.74) is 13.8. The highest BCUT2D eigenvalue weighted by Gasteiger charge is 2.49. The van der Waals surface area contributed by atoms with Crippen LogP contribution >= 0.6 is 0 Å². The lowest BCUT2D eigenvalue weighted by Gasteiger charge is -2.37. The van der Waals surface area contributed by atoms with E-state index in [1.165, 1.54) is 0 Å². The number of ketones is 1. The number of aliphatic imine (C=N–C) groups is 1. The molecule has 0 bridgehead atoms. The molecule has 1 saturated heterocycles. The topological polar surface area (TPSA) is 405 Å². The van der Waals surface area contributed by atoms with Crippen LogP contribution in [0.25, 0.3) is 22.3 Å². The molecule has 2 aromatic heterocycles. The summed E-state index contributed by atoms with van der Waals surface area (Å²) in [5, 5.41) is 33.0. The lowest BCUT2D eigenvalue weighted by atomic mass is 9.70. The second-order valence-electron chi connectivity index (χ2n) is 24.6. The minimum atomic E-state index is -1.66. The summed E-state index contributed by atoms with van der Waals surface area (Å²) >= 11 is 0. The van der Waals surface area contributed by atoms with Crippen LogP contribution in [0.5, 0.6) is 0 Å². The van der Waals surface area contributed by atoms with Gasteiger partial charge in [0.05, 0.1) is 54.2 Å². The van der Waals surface area contributed by atoms with Crippen molar-refractivity contribution in [2.45, 2.75) is 160 Å². The standard InChI is InChI=1S/C66H79N13O14/c1-7-66(44-28-50-57-42(34-79(50)62(90)43(44)35-92-63(66)91)41(32-72-93-65(4,5)6)40-16-11-12-17-45(40)74-57)30-51(80)56(36(2)3)78-53(82)24-23-52(81)70-31-39-21-19-38(20-22-39)27-48-59(87)75-46(18-13-25-69-64(67)68)58(86)71-33-54(83)73-49(29-55(84)85)61(89)77-47(60(88)76-48)26-37-14-9-8-10-15-37/h8-12,14-17,19-22,28,32,36,46-49,56H,7,13,18,23-27,29-31,33-35H2,1-6H3,(H,70,81)(H,71,86)(H,73,83)(H,75,87)(H,76,88)(H,77,89)(H,78,82)(H,84,85)(H4,67,68,69)/b72-32+/t46-,47?,48-,49-,56-,66-/m0/s1. The van der Waals surface area contributed by atoms with E-state index < -0.39 is 131 Å². The van der Waals surface area contributed by atoms with E-state index in [9.17, 15) is 57.8 Å². The van der Waals surface area contributed by atoms with Crippen molar-refractivity contribution in [3.63, 3.8) is 0 Å². The summed E-state index contributed by atoms with van der Waals surface area (Å²) in [6.45, 7) is 10.1. The Morgan fingerprint density at radius 2 is 1.43 bits per heavy atom. The predicted octanol–water partition coefficient (Wildman–Crippen LogP) is 1.86. The number of ether oxygens (including phenoxy) is 1. The number of carboxylic acid groups (broad SMARTS) is 1. The van der Waals surface area contributed by atoms with Crippen LogP contribution in [-0.2, 0) is 95.5 Å². The summed E-state index contributed by atoms with van der Waals surface area (Å²) in [7, 11) is 0. The van der Waals surface area contributed by atoms with Gasteiger partial charge in [-0.15, -0.1) is 0 Å². The van der Waals surface area contributed by atoms with E-state index in [1.807, 2.05) is 45.0 Å². The number of oxime groups is 1. The zero-order chi connectivity index (χ0) is 67.3. The molecule has 0 radical (unpaired) electrons. The number of para-hydroxylation sites is 1. The highest BCUT2D eigenvalue weighted by molar-refractivity contribution is 6.03. The summed E-state index contributed by atoms with van der Waals surface area (Å²) in [6, 6.07) is 17.6.